The predicted octanol–water partition coefficient (Wildman–Crippen LogP) is 3.03. The zero-order valence-electron chi connectivity index (χ0n) is 12.3. The van der Waals surface area contributed by atoms with E-state index in [1.54, 1.807) is 18.1 Å². The second-order valence-corrected chi connectivity index (χ2v) is 5.54. The van der Waals surface area contributed by atoms with Gasteiger partial charge in [-0.1, -0.05) is 13.0 Å². The second kappa shape index (κ2) is 6.23. The quantitative estimate of drug-likeness (QED) is 0.933. The Hall–Kier alpha value is -1.27. The van der Waals surface area contributed by atoms with Crippen molar-refractivity contribution in [3.05, 3.63) is 29.3 Å². The molecule has 0 aromatic heterocycles. The number of piperidine rings is 1. The van der Waals surface area contributed by atoms with E-state index in [1.165, 1.54) is 6.07 Å². The first-order chi connectivity index (χ1) is 9.86. The maximum Gasteiger partial charge on any atom is 0.418 e. The summed E-state index contributed by atoms with van der Waals surface area (Å²) in [4.78, 5) is 1.76. The van der Waals surface area contributed by atoms with Crippen LogP contribution in [0.15, 0.2) is 18.2 Å². The monoisotopic (exact) mass is 302 g/mol. The van der Waals surface area contributed by atoms with Crippen LogP contribution in [0.3, 0.4) is 0 Å². The average molecular weight is 302 g/mol. The minimum absolute atomic E-state index is 0.0472. The van der Waals surface area contributed by atoms with Crippen molar-refractivity contribution >= 4 is 5.69 Å². The molecule has 1 aromatic rings. The number of nitrogens with two attached hydrogens (primary N) is 1. The van der Waals surface area contributed by atoms with Gasteiger partial charge in [0.05, 0.1) is 11.7 Å². The molecular weight excluding hydrogens is 281 g/mol. The van der Waals surface area contributed by atoms with Crippen LogP contribution in [0.2, 0.25) is 0 Å². The molecule has 2 rings (SSSR count). The van der Waals surface area contributed by atoms with E-state index >= 15 is 0 Å². The van der Waals surface area contributed by atoms with Crippen LogP contribution in [-0.4, -0.2) is 26.3 Å². The highest BCUT2D eigenvalue weighted by atomic mass is 19.4. The van der Waals surface area contributed by atoms with Crippen LogP contribution < -0.4 is 10.6 Å². The Kier molecular flexibility index (Phi) is 4.78. The molecule has 118 valence electrons. The zero-order valence-corrected chi connectivity index (χ0v) is 12.3. The van der Waals surface area contributed by atoms with Gasteiger partial charge in [-0.25, -0.2) is 0 Å². The van der Waals surface area contributed by atoms with Crippen LogP contribution in [0, 0.1) is 5.92 Å². The van der Waals surface area contributed by atoms with Crippen molar-refractivity contribution in [2.75, 3.05) is 25.1 Å². The standard InChI is InChI=1S/C15H21F3N2O/c1-10-5-6-20(9-14(10)21-2)13-4-3-11(8-19)7-12(13)15(16,17)18/h3-4,7,10,14H,5-6,8-9,19H2,1-2H3. The van der Waals surface area contributed by atoms with E-state index in [9.17, 15) is 13.2 Å². The molecule has 21 heavy (non-hydrogen) atoms. The van der Waals surface area contributed by atoms with Crippen LogP contribution in [0.25, 0.3) is 0 Å². The Morgan fingerprint density at radius 3 is 2.67 bits per heavy atom. The number of rotatable bonds is 3. The van der Waals surface area contributed by atoms with E-state index in [1.807, 2.05) is 0 Å². The number of benzene rings is 1. The van der Waals surface area contributed by atoms with Gasteiger partial charge in [-0.05, 0) is 30.0 Å². The third kappa shape index (κ3) is 3.49. The van der Waals surface area contributed by atoms with Gasteiger partial charge in [-0.3, -0.25) is 0 Å². The van der Waals surface area contributed by atoms with E-state index < -0.39 is 11.7 Å². The third-order valence-electron chi connectivity index (χ3n) is 4.13. The fourth-order valence-electron chi connectivity index (χ4n) is 2.77. The topological polar surface area (TPSA) is 38.5 Å². The lowest BCUT2D eigenvalue weighted by Gasteiger charge is -2.38. The fourth-order valence-corrected chi connectivity index (χ4v) is 2.77. The summed E-state index contributed by atoms with van der Waals surface area (Å²) in [5.41, 5.74) is 5.54. The summed E-state index contributed by atoms with van der Waals surface area (Å²) in [5, 5.41) is 0. The van der Waals surface area contributed by atoms with Gasteiger partial charge in [0, 0.05) is 32.4 Å². The van der Waals surface area contributed by atoms with Crippen molar-refractivity contribution in [1.82, 2.24) is 0 Å². The van der Waals surface area contributed by atoms with E-state index in [0.717, 1.165) is 12.5 Å². The Bertz CT molecular complexity index is 490. The van der Waals surface area contributed by atoms with Crippen molar-refractivity contribution < 1.29 is 17.9 Å². The van der Waals surface area contributed by atoms with Gasteiger partial charge in [-0.2, -0.15) is 13.2 Å². The first-order valence-corrected chi connectivity index (χ1v) is 7.04. The number of alkyl halides is 3. The summed E-state index contributed by atoms with van der Waals surface area (Å²) in [6, 6.07) is 4.33. The van der Waals surface area contributed by atoms with Crippen molar-refractivity contribution in [2.24, 2.45) is 11.7 Å². The molecule has 1 saturated heterocycles. The number of nitrogens with zero attached hydrogens (tertiary/aromatic N) is 1. The number of ether oxygens (including phenoxy) is 1. The molecule has 0 aliphatic carbocycles. The SMILES string of the molecule is COC1CN(c2ccc(CN)cc2C(F)(F)F)CCC1C. The van der Waals surface area contributed by atoms with Crippen molar-refractivity contribution in [1.29, 1.82) is 0 Å². The van der Waals surface area contributed by atoms with E-state index in [2.05, 4.69) is 6.92 Å². The Morgan fingerprint density at radius 2 is 2.10 bits per heavy atom. The molecule has 2 N–H and O–H groups in total. The van der Waals surface area contributed by atoms with Gasteiger partial charge in [0.1, 0.15) is 0 Å². The highest BCUT2D eigenvalue weighted by Gasteiger charge is 2.36. The Morgan fingerprint density at radius 1 is 1.38 bits per heavy atom. The van der Waals surface area contributed by atoms with Crippen LogP contribution >= 0.6 is 0 Å². The van der Waals surface area contributed by atoms with Crippen molar-refractivity contribution in [3.8, 4) is 0 Å². The first-order valence-electron chi connectivity index (χ1n) is 7.04. The van der Waals surface area contributed by atoms with Crippen LogP contribution in [0.5, 0.6) is 0 Å². The first kappa shape index (κ1) is 16.1. The van der Waals surface area contributed by atoms with E-state index in [-0.39, 0.29) is 18.3 Å². The molecule has 0 spiro atoms. The highest BCUT2D eigenvalue weighted by Crippen LogP contribution is 2.38. The van der Waals surface area contributed by atoms with Crippen LogP contribution in [-0.2, 0) is 17.5 Å². The highest BCUT2D eigenvalue weighted by molar-refractivity contribution is 5.57. The molecule has 2 unspecified atom stereocenters. The average Bonchev–Trinajstić information content (AvgIpc) is 2.46. The summed E-state index contributed by atoms with van der Waals surface area (Å²) in [5.74, 6) is 0.351. The molecule has 1 aromatic carbocycles. The number of halogens is 3. The molecule has 1 aliphatic rings. The van der Waals surface area contributed by atoms with Gasteiger partial charge in [-0.15, -0.1) is 0 Å². The lowest BCUT2D eigenvalue weighted by Crippen LogP contribution is -2.44. The maximum absolute atomic E-state index is 13.3. The van der Waals surface area contributed by atoms with Crippen molar-refractivity contribution in [3.63, 3.8) is 0 Å². The summed E-state index contributed by atoms with van der Waals surface area (Å²) >= 11 is 0. The summed E-state index contributed by atoms with van der Waals surface area (Å²) in [6.45, 7) is 3.24. The predicted molar refractivity (Wildman–Crippen MR) is 76.1 cm³/mol. The zero-order chi connectivity index (χ0) is 15.6. The number of hydrogen-bond acceptors (Lipinski definition) is 3. The smallest absolute Gasteiger partial charge is 0.379 e. The summed E-state index contributed by atoms with van der Waals surface area (Å²) in [7, 11) is 1.60. The molecule has 0 saturated carbocycles. The molecular formula is C15H21F3N2O. The number of methoxy groups -OCH3 is 1. The second-order valence-electron chi connectivity index (χ2n) is 5.54. The Balaban J connectivity index is 2.35. The van der Waals surface area contributed by atoms with Crippen LogP contribution in [0.1, 0.15) is 24.5 Å². The number of hydrogen-bond donors (Lipinski definition) is 1. The third-order valence-corrected chi connectivity index (χ3v) is 4.13. The molecule has 3 nitrogen and oxygen atoms in total. The summed E-state index contributed by atoms with van der Waals surface area (Å²) < 4.78 is 45.2. The molecule has 0 radical (unpaired) electrons. The van der Waals surface area contributed by atoms with E-state index in [0.29, 0.717) is 24.6 Å². The van der Waals surface area contributed by atoms with Gasteiger partial charge in [0.15, 0.2) is 0 Å². The van der Waals surface area contributed by atoms with Gasteiger partial charge in [0.2, 0.25) is 0 Å². The number of anilines is 1. The molecule has 6 heteroatoms. The van der Waals surface area contributed by atoms with E-state index in [4.69, 9.17) is 10.5 Å². The molecule has 0 amide bonds. The minimum Gasteiger partial charge on any atom is -0.379 e. The minimum atomic E-state index is -4.38. The normalized spacial score (nSPS) is 23.4. The summed E-state index contributed by atoms with van der Waals surface area (Å²) in [6.07, 6.45) is -3.62. The van der Waals surface area contributed by atoms with Crippen molar-refractivity contribution in [2.45, 2.75) is 32.2 Å². The van der Waals surface area contributed by atoms with Gasteiger partial charge in [0.25, 0.3) is 0 Å². The maximum atomic E-state index is 13.3. The Labute approximate surface area is 122 Å². The lowest BCUT2D eigenvalue weighted by molar-refractivity contribution is -0.137. The van der Waals surface area contributed by atoms with Crippen LogP contribution in [0.4, 0.5) is 18.9 Å². The fraction of sp³-hybridized carbons (Fsp3) is 0.600. The largest absolute Gasteiger partial charge is 0.418 e. The molecule has 1 aliphatic heterocycles. The molecule has 1 fully saturated rings. The molecule has 1 heterocycles. The van der Waals surface area contributed by atoms with Gasteiger partial charge >= 0.3 is 6.18 Å². The molecule has 2 atom stereocenters. The molecule has 0 bridgehead atoms. The lowest BCUT2D eigenvalue weighted by atomic mass is 9.94. The van der Waals surface area contributed by atoms with Gasteiger partial charge < -0.3 is 15.4 Å².